The zero-order valence-electron chi connectivity index (χ0n) is 15.3. The van der Waals surface area contributed by atoms with Gasteiger partial charge in [-0.2, -0.15) is 0 Å². The van der Waals surface area contributed by atoms with Crippen molar-refractivity contribution in [3.8, 4) is 0 Å². The topological polar surface area (TPSA) is 46.2 Å². The van der Waals surface area contributed by atoms with Crippen LogP contribution in [-0.2, 0) is 4.79 Å². The third-order valence-corrected chi connectivity index (χ3v) is 5.51. The average molecular weight is 329 g/mol. The van der Waals surface area contributed by atoms with Crippen LogP contribution in [0.2, 0.25) is 0 Å². The van der Waals surface area contributed by atoms with Crippen LogP contribution in [0.4, 0.5) is 5.69 Å². The van der Waals surface area contributed by atoms with E-state index in [1.54, 1.807) is 31.2 Å². The summed E-state index contributed by atoms with van der Waals surface area (Å²) in [5, 5.41) is 2.95. The van der Waals surface area contributed by atoms with Gasteiger partial charge in [-0.15, -0.1) is 0 Å². The molecule has 1 aliphatic rings. The predicted molar refractivity (Wildman–Crippen MR) is 99.2 cm³/mol. The monoisotopic (exact) mass is 329 g/mol. The number of hydrogen-bond acceptors (Lipinski definition) is 2. The van der Waals surface area contributed by atoms with Gasteiger partial charge in [-0.25, -0.2) is 0 Å². The third-order valence-electron chi connectivity index (χ3n) is 5.51. The molecule has 0 radical (unpaired) electrons. The molecule has 24 heavy (non-hydrogen) atoms. The molecule has 3 heteroatoms. The van der Waals surface area contributed by atoms with Crippen LogP contribution in [0.1, 0.15) is 76.1 Å². The highest BCUT2D eigenvalue weighted by atomic mass is 16.1. The number of nitrogens with one attached hydrogen (secondary N) is 1. The SMILES string of the molecule is CC[C@@H]1CC(CCC(=O)Nc2ccc(C(C)=O)cc2)C[C@@H](CC)C1. The fraction of sp³-hybridized carbons (Fsp3) is 0.619. The van der Waals surface area contributed by atoms with E-state index in [2.05, 4.69) is 19.2 Å². The second-order valence-electron chi connectivity index (χ2n) is 7.34. The van der Waals surface area contributed by atoms with Crippen molar-refractivity contribution in [3.63, 3.8) is 0 Å². The lowest BCUT2D eigenvalue weighted by Gasteiger charge is -2.34. The Hall–Kier alpha value is -1.64. The molecule has 1 aromatic rings. The van der Waals surface area contributed by atoms with E-state index in [1.807, 2.05) is 0 Å². The molecule has 2 rings (SSSR count). The lowest BCUT2D eigenvalue weighted by Crippen LogP contribution is -2.23. The summed E-state index contributed by atoms with van der Waals surface area (Å²) in [7, 11) is 0. The maximum atomic E-state index is 12.2. The van der Waals surface area contributed by atoms with E-state index in [-0.39, 0.29) is 11.7 Å². The molecule has 0 aliphatic heterocycles. The summed E-state index contributed by atoms with van der Waals surface area (Å²) in [6.07, 6.45) is 8.05. The third kappa shape index (κ3) is 5.47. The first kappa shape index (κ1) is 18.7. The number of anilines is 1. The molecule has 1 fully saturated rings. The molecule has 0 aromatic heterocycles. The van der Waals surface area contributed by atoms with Crippen LogP contribution in [0, 0.1) is 17.8 Å². The predicted octanol–water partition coefficient (Wildman–Crippen LogP) is 5.46. The molecule has 1 aromatic carbocycles. The van der Waals surface area contributed by atoms with Crippen LogP contribution in [-0.4, -0.2) is 11.7 Å². The smallest absolute Gasteiger partial charge is 0.224 e. The van der Waals surface area contributed by atoms with E-state index in [0.29, 0.717) is 17.9 Å². The van der Waals surface area contributed by atoms with Crippen molar-refractivity contribution in [2.24, 2.45) is 17.8 Å². The van der Waals surface area contributed by atoms with Crippen LogP contribution in [0.3, 0.4) is 0 Å². The first-order valence-electron chi connectivity index (χ1n) is 9.42. The minimum absolute atomic E-state index is 0.0427. The van der Waals surface area contributed by atoms with E-state index in [9.17, 15) is 9.59 Å². The normalized spacial score (nSPS) is 23.7. The van der Waals surface area contributed by atoms with Gasteiger partial charge in [0.25, 0.3) is 0 Å². The van der Waals surface area contributed by atoms with Crippen molar-refractivity contribution >= 4 is 17.4 Å². The van der Waals surface area contributed by atoms with Crippen molar-refractivity contribution in [1.82, 2.24) is 0 Å². The number of carbonyl (C=O) groups is 2. The van der Waals surface area contributed by atoms with Crippen LogP contribution in [0.25, 0.3) is 0 Å². The van der Waals surface area contributed by atoms with Crippen LogP contribution >= 0.6 is 0 Å². The first-order chi connectivity index (χ1) is 11.5. The fourth-order valence-electron chi connectivity index (χ4n) is 3.95. The van der Waals surface area contributed by atoms with E-state index in [1.165, 1.54) is 32.1 Å². The molecule has 0 spiro atoms. The summed E-state index contributed by atoms with van der Waals surface area (Å²) in [5.41, 5.74) is 1.44. The maximum Gasteiger partial charge on any atom is 0.224 e. The minimum atomic E-state index is 0.0427. The van der Waals surface area contributed by atoms with E-state index in [0.717, 1.165) is 23.9 Å². The van der Waals surface area contributed by atoms with E-state index in [4.69, 9.17) is 0 Å². The number of rotatable bonds is 7. The van der Waals surface area contributed by atoms with Crippen LogP contribution < -0.4 is 5.32 Å². The first-order valence-corrected chi connectivity index (χ1v) is 9.42. The zero-order chi connectivity index (χ0) is 17.5. The largest absolute Gasteiger partial charge is 0.326 e. The van der Waals surface area contributed by atoms with Gasteiger partial charge in [-0.1, -0.05) is 26.7 Å². The Kier molecular flexibility index (Phi) is 7.01. The van der Waals surface area contributed by atoms with Gasteiger partial charge in [0, 0.05) is 17.7 Å². The summed E-state index contributed by atoms with van der Waals surface area (Å²) >= 11 is 0. The van der Waals surface area contributed by atoms with Crippen molar-refractivity contribution in [1.29, 1.82) is 0 Å². The summed E-state index contributed by atoms with van der Waals surface area (Å²) in [6.45, 7) is 6.12. The molecule has 0 heterocycles. The summed E-state index contributed by atoms with van der Waals surface area (Å²) in [4.78, 5) is 23.5. The number of Topliss-reactive ketones (excluding diaryl/α,β-unsaturated/α-hetero) is 1. The van der Waals surface area contributed by atoms with Crippen LogP contribution in [0.15, 0.2) is 24.3 Å². The molecule has 2 atom stereocenters. The molecule has 1 N–H and O–H groups in total. The highest BCUT2D eigenvalue weighted by Crippen LogP contribution is 2.38. The molecule has 0 unspecified atom stereocenters. The Morgan fingerprint density at radius 1 is 0.958 bits per heavy atom. The molecule has 1 amide bonds. The standard InChI is InChI=1S/C21H31NO2/c1-4-16-12-17(5-2)14-18(13-16)6-11-21(24)22-20-9-7-19(8-10-20)15(3)23/h7-10,16-18H,4-6,11-14H2,1-3H3,(H,22,24)/t16-,17-/m0/s1. The van der Waals surface area contributed by atoms with E-state index >= 15 is 0 Å². The highest BCUT2D eigenvalue weighted by molar-refractivity contribution is 5.95. The summed E-state index contributed by atoms with van der Waals surface area (Å²) in [5.74, 6) is 2.50. The van der Waals surface area contributed by atoms with Gasteiger partial charge in [-0.05, 0) is 74.6 Å². The number of amides is 1. The van der Waals surface area contributed by atoms with E-state index < -0.39 is 0 Å². The Labute approximate surface area is 146 Å². The molecule has 1 saturated carbocycles. The molecule has 132 valence electrons. The Bertz CT molecular complexity index is 537. The van der Waals surface area contributed by atoms with Crippen molar-refractivity contribution < 1.29 is 9.59 Å². The second-order valence-corrected chi connectivity index (χ2v) is 7.34. The van der Waals surface area contributed by atoms with Gasteiger partial charge in [-0.3, -0.25) is 9.59 Å². The minimum Gasteiger partial charge on any atom is -0.326 e. The Morgan fingerprint density at radius 2 is 1.50 bits per heavy atom. The molecule has 3 nitrogen and oxygen atoms in total. The van der Waals surface area contributed by atoms with Crippen LogP contribution in [0.5, 0.6) is 0 Å². The molecular weight excluding hydrogens is 298 g/mol. The molecular formula is C21H31NO2. The van der Waals surface area contributed by atoms with Gasteiger partial charge in [0.2, 0.25) is 5.91 Å². The van der Waals surface area contributed by atoms with Crippen molar-refractivity contribution in [2.75, 3.05) is 5.32 Å². The second kappa shape index (κ2) is 9.00. The van der Waals surface area contributed by atoms with Crippen molar-refractivity contribution in [3.05, 3.63) is 29.8 Å². The highest BCUT2D eigenvalue weighted by Gasteiger charge is 2.27. The van der Waals surface area contributed by atoms with Gasteiger partial charge in [0.15, 0.2) is 5.78 Å². The van der Waals surface area contributed by atoms with Gasteiger partial charge in [0.05, 0.1) is 0 Å². The molecule has 1 aliphatic carbocycles. The van der Waals surface area contributed by atoms with Crippen molar-refractivity contribution in [2.45, 2.75) is 65.7 Å². The van der Waals surface area contributed by atoms with Gasteiger partial charge >= 0.3 is 0 Å². The number of carbonyl (C=O) groups excluding carboxylic acids is 2. The lowest BCUT2D eigenvalue weighted by atomic mass is 9.72. The number of ketones is 1. The molecule has 0 bridgehead atoms. The Morgan fingerprint density at radius 3 is 2.00 bits per heavy atom. The average Bonchev–Trinajstić information content (AvgIpc) is 2.60. The maximum absolute atomic E-state index is 12.2. The quantitative estimate of drug-likeness (QED) is 0.675. The zero-order valence-corrected chi connectivity index (χ0v) is 15.3. The van der Waals surface area contributed by atoms with Gasteiger partial charge < -0.3 is 5.32 Å². The number of benzene rings is 1. The summed E-state index contributed by atoms with van der Waals surface area (Å²) < 4.78 is 0. The van der Waals surface area contributed by atoms with Gasteiger partial charge in [0.1, 0.15) is 0 Å². The summed E-state index contributed by atoms with van der Waals surface area (Å²) in [6, 6.07) is 7.12. The fourth-order valence-corrected chi connectivity index (χ4v) is 3.95. The number of hydrogen-bond donors (Lipinski definition) is 1. The Balaban J connectivity index is 1.80. The lowest BCUT2D eigenvalue weighted by molar-refractivity contribution is -0.116. The molecule has 0 saturated heterocycles.